The van der Waals surface area contributed by atoms with Gasteiger partial charge in [-0.25, -0.2) is 4.79 Å². The maximum absolute atomic E-state index is 11.0. The first-order chi connectivity index (χ1) is 8.56. The first-order valence-corrected chi connectivity index (χ1v) is 5.32. The number of aryl methyl sites for hydroxylation is 2. The molecule has 0 saturated heterocycles. The molecule has 0 bridgehead atoms. The summed E-state index contributed by atoms with van der Waals surface area (Å²) in [7, 11) is 0. The summed E-state index contributed by atoms with van der Waals surface area (Å²) in [6, 6.07) is 4.88. The van der Waals surface area contributed by atoms with E-state index in [1.165, 1.54) is 6.07 Å². The van der Waals surface area contributed by atoms with Crippen LogP contribution >= 0.6 is 0 Å². The normalized spacial score (nSPS) is 10.3. The molecule has 0 amide bonds. The molecule has 6 heteroatoms. The molecule has 0 fully saturated rings. The minimum atomic E-state index is -1.04. The highest BCUT2D eigenvalue weighted by molar-refractivity contribution is 5.90. The molecule has 1 N–H and O–H groups in total. The van der Waals surface area contributed by atoms with Crippen LogP contribution in [0.5, 0.6) is 5.75 Å². The van der Waals surface area contributed by atoms with E-state index < -0.39 is 5.97 Å². The molecule has 94 valence electrons. The third-order valence-electron chi connectivity index (χ3n) is 2.29. The zero-order valence-corrected chi connectivity index (χ0v) is 10.0. The number of nitrogens with zero attached hydrogens (tertiary/aromatic N) is 2. The van der Waals surface area contributed by atoms with Crippen LogP contribution in [0, 0.1) is 13.8 Å². The van der Waals surface area contributed by atoms with Crippen molar-refractivity contribution >= 4 is 5.97 Å². The van der Waals surface area contributed by atoms with Crippen molar-refractivity contribution in [2.24, 2.45) is 0 Å². The van der Waals surface area contributed by atoms with Gasteiger partial charge in [-0.3, -0.25) is 0 Å². The molecule has 0 aliphatic rings. The molecule has 0 aliphatic carbocycles. The van der Waals surface area contributed by atoms with E-state index in [9.17, 15) is 4.79 Å². The summed E-state index contributed by atoms with van der Waals surface area (Å²) in [6.07, 6.45) is 0. The fourth-order valence-electron chi connectivity index (χ4n) is 1.46. The Labute approximate surface area is 103 Å². The average molecular weight is 248 g/mol. The monoisotopic (exact) mass is 248 g/mol. The minimum absolute atomic E-state index is 0.0462. The summed E-state index contributed by atoms with van der Waals surface area (Å²) < 4.78 is 10.3. The number of hydrogen-bond acceptors (Lipinski definition) is 5. The van der Waals surface area contributed by atoms with Crippen LogP contribution in [0.4, 0.5) is 0 Å². The summed E-state index contributed by atoms with van der Waals surface area (Å²) in [5.41, 5.74) is 1.02. The molecule has 0 spiro atoms. The second-order valence-corrected chi connectivity index (χ2v) is 3.83. The fourth-order valence-corrected chi connectivity index (χ4v) is 1.46. The average Bonchev–Trinajstić information content (AvgIpc) is 2.72. The Kier molecular flexibility index (Phi) is 3.27. The van der Waals surface area contributed by atoms with Gasteiger partial charge >= 0.3 is 5.97 Å². The van der Waals surface area contributed by atoms with Gasteiger partial charge in [-0.1, -0.05) is 11.2 Å². The quantitative estimate of drug-likeness (QED) is 0.890. The number of aromatic carboxylic acids is 1. The van der Waals surface area contributed by atoms with Gasteiger partial charge in [-0.15, -0.1) is 0 Å². The zero-order chi connectivity index (χ0) is 13.1. The lowest BCUT2D eigenvalue weighted by Crippen LogP contribution is -2.04. The summed E-state index contributed by atoms with van der Waals surface area (Å²) >= 11 is 0. The summed E-state index contributed by atoms with van der Waals surface area (Å²) in [6.45, 7) is 3.60. The molecule has 1 heterocycles. The molecule has 0 aliphatic heterocycles. The summed E-state index contributed by atoms with van der Waals surface area (Å²) in [5.74, 6) is 0.0757. The van der Waals surface area contributed by atoms with Crippen LogP contribution in [0.2, 0.25) is 0 Å². The van der Waals surface area contributed by atoms with Crippen LogP contribution in [0.15, 0.2) is 22.7 Å². The molecular weight excluding hydrogens is 236 g/mol. The van der Waals surface area contributed by atoms with Crippen LogP contribution in [0.3, 0.4) is 0 Å². The molecule has 0 radical (unpaired) electrons. The van der Waals surface area contributed by atoms with Crippen LogP contribution < -0.4 is 4.74 Å². The van der Waals surface area contributed by atoms with Gasteiger partial charge in [0.15, 0.2) is 12.4 Å². The highest BCUT2D eigenvalue weighted by Crippen LogP contribution is 2.21. The van der Waals surface area contributed by atoms with Crippen molar-refractivity contribution in [2.45, 2.75) is 20.5 Å². The van der Waals surface area contributed by atoms with E-state index in [4.69, 9.17) is 14.4 Å². The van der Waals surface area contributed by atoms with Gasteiger partial charge in [0.2, 0.25) is 0 Å². The second-order valence-electron chi connectivity index (χ2n) is 3.83. The number of carboxylic acids is 1. The Bertz CT molecular complexity index is 577. The van der Waals surface area contributed by atoms with Crippen molar-refractivity contribution in [3.63, 3.8) is 0 Å². The van der Waals surface area contributed by atoms with Gasteiger partial charge in [-0.05, 0) is 31.5 Å². The molecule has 2 aromatic rings. The lowest BCUT2D eigenvalue weighted by molar-refractivity contribution is 0.0691. The number of aromatic nitrogens is 2. The van der Waals surface area contributed by atoms with Crippen molar-refractivity contribution in [1.82, 2.24) is 10.1 Å². The fraction of sp³-hybridized carbons (Fsp3) is 0.250. The number of rotatable bonds is 4. The van der Waals surface area contributed by atoms with Gasteiger partial charge in [0.05, 0.1) is 0 Å². The third kappa shape index (κ3) is 2.65. The van der Waals surface area contributed by atoms with Crippen LogP contribution in [-0.2, 0) is 6.61 Å². The standard InChI is InChI=1S/C12H12N2O4/c1-7-3-4-9(12(15)16)10(5-7)17-6-11-13-8(2)14-18-11/h3-5H,6H2,1-2H3,(H,15,16). The number of ether oxygens (including phenoxy) is 1. The van der Waals surface area contributed by atoms with E-state index in [0.29, 0.717) is 17.5 Å². The Morgan fingerprint density at radius 3 is 2.83 bits per heavy atom. The Balaban J connectivity index is 2.17. The first-order valence-electron chi connectivity index (χ1n) is 5.32. The number of carboxylic acid groups (broad SMARTS) is 1. The predicted molar refractivity (Wildman–Crippen MR) is 61.5 cm³/mol. The van der Waals surface area contributed by atoms with Gasteiger partial charge < -0.3 is 14.4 Å². The zero-order valence-electron chi connectivity index (χ0n) is 10.0. The highest BCUT2D eigenvalue weighted by Gasteiger charge is 2.12. The van der Waals surface area contributed by atoms with E-state index in [0.717, 1.165) is 5.56 Å². The maximum atomic E-state index is 11.0. The van der Waals surface area contributed by atoms with Gasteiger partial charge in [0.25, 0.3) is 5.89 Å². The second kappa shape index (κ2) is 4.87. The Morgan fingerprint density at radius 2 is 2.22 bits per heavy atom. The first kappa shape index (κ1) is 12.1. The molecule has 1 aromatic carbocycles. The molecule has 1 aromatic heterocycles. The van der Waals surface area contributed by atoms with E-state index in [-0.39, 0.29) is 12.2 Å². The van der Waals surface area contributed by atoms with Gasteiger partial charge in [0.1, 0.15) is 11.3 Å². The van der Waals surface area contributed by atoms with Crippen LogP contribution in [0.25, 0.3) is 0 Å². The van der Waals surface area contributed by atoms with Crippen molar-refractivity contribution in [2.75, 3.05) is 0 Å². The Morgan fingerprint density at radius 1 is 1.44 bits per heavy atom. The molecular formula is C12H12N2O4. The van der Waals surface area contributed by atoms with E-state index in [1.54, 1.807) is 19.1 Å². The smallest absolute Gasteiger partial charge is 0.339 e. The number of benzene rings is 1. The van der Waals surface area contributed by atoms with Crippen LogP contribution in [0.1, 0.15) is 27.6 Å². The number of carbonyl (C=O) groups is 1. The topological polar surface area (TPSA) is 85.5 Å². The van der Waals surface area contributed by atoms with Gasteiger partial charge in [-0.2, -0.15) is 4.98 Å². The molecule has 6 nitrogen and oxygen atoms in total. The molecule has 0 atom stereocenters. The largest absolute Gasteiger partial charge is 0.483 e. The molecule has 18 heavy (non-hydrogen) atoms. The number of hydrogen-bond donors (Lipinski definition) is 1. The molecule has 0 unspecified atom stereocenters. The van der Waals surface area contributed by atoms with E-state index in [2.05, 4.69) is 10.1 Å². The maximum Gasteiger partial charge on any atom is 0.339 e. The van der Waals surface area contributed by atoms with Crippen molar-refractivity contribution in [3.8, 4) is 5.75 Å². The van der Waals surface area contributed by atoms with Crippen molar-refractivity contribution < 1.29 is 19.2 Å². The Hall–Kier alpha value is -2.37. The summed E-state index contributed by atoms with van der Waals surface area (Å²) in [5, 5.41) is 12.6. The SMILES string of the molecule is Cc1ccc(C(=O)O)c(OCc2nc(C)no2)c1. The molecule has 2 rings (SSSR count). The van der Waals surface area contributed by atoms with Crippen molar-refractivity contribution in [1.29, 1.82) is 0 Å². The third-order valence-corrected chi connectivity index (χ3v) is 2.29. The van der Waals surface area contributed by atoms with E-state index in [1.807, 2.05) is 6.92 Å². The van der Waals surface area contributed by atoms with Gasteiger partial charge in [0, 0.05) is 0 Å². The lowest BCUT2D eigenvalue weighted by Gasteiger charge is -2.07. The van der Waals surface area contributed by atoms with E-state index >= 15 is 0 Å². The van der Waals surface area contributed by atoms with Crippen molar-refractivity contribution in [3.05, 3.63) is 41.0 Å². The lowest BCUT2D eigenvalue weighted by atomic mass is 10.1. The van der Waals surface area contributed by atoms with Crippen LogP contribution in [-0.4, -0.2) is 21.2 Å². The predicted octanol–water partition coefficient (Wildman–Crippen LogP) is 1.96. The summed E-state index contributed by atoms with van der Waals surface area (Å²) in [4.78, 5) is 15.0. The molecule has 0 saturated carbocycles. The highest BCUT2D eigenvalue weighted by atomic mass is 16.5. The minimum Gasteiger partial charge on any atom is -0.483 e.